The number of ether oxygens (including phenoxy) is 1. The Morgan fingerprint density at radius 2 is 2.06 bits per heavy atom. The largest absolute Gasteiger partial charge is 0.372 e. The average molecular weight is 221 g/mol. The highest BCUT2D eigenvalue weighted by Crippen LogP contribution is 2.17. The summed E-state index contributed by atoms with van der Waals surface area (Å²) in [6, 6.07) is 9.03. The monoisotopic (exact) mass is 221 g/mol. The standard InChI is InChI=1S/C14H23NO/c1-5-16-14(10-15-11(2)3)13-8-6-7-12(4)9-13/h6-9,11,14-15H,5,10H2,1-4H3. The van der Waals surface area contributed by atoms with Gasteiger partial charge in [0.25, 0.3) is 0 Å². The Hall–Kier alpha value is -0.860. The molecular formula is C14H23NO. The van der Waals surface area contributed by atoms with Gasteiger partial charge in [-0.3, -0.25) is 0 Å². The van der Waals surface area contributed by atoms with E-state index in [9.17, 15) is 0 Å². The quantitative estimate of drug-likeness (QED) is 0.797. The van der Waals surface area contributed by atoms with Gasteiger partial charge in [-0.2, -0.15) is 0 Å². The second-order valence-corrected chi connectivity index (χ2v) is 4.42. The Kier molecular flexibility index (Phi) is 5.50. The number of hydrogen-bond donors (Lipinski definition) is 1. The lowest BCUT2D eigenvalue weighted by Gasteiger charge is -2.20. The van der Waals surface area contributed by atoms with Crippen molar-refractivity contribution < 1.29 is 4.74 Å². The van der Waals surface area contributed by atoms with E-state index in [4.69, 9.17) is 4.74 Å². The SMILES string of the molecule is CCOC(CNC(C)C)c1cccc(C)c1. The second kappa shape index (κ2) is 6.66. The molecule has 2 nitrogen and oxygen atoms in total. The number of aryl methyl sites for hydroxylation is 1. The fourth-order valence-electron chi connectivity index (χ4n) is 1.69. The Balaban J connectivity index is 2.68. The zero-order valence-electron chi connectivity index (χ0n) is 10.8. The first-order chi connectivity index (χ1) is 7.63. The summed E-state index contributed by atoms with van der Waals surface area (Å²) in [5, 5.41) is 3.42. The minimum absolute atomic E-state index is 0.160. The topological polar surface area (TPSA) is 21.3 Å². The van der Waals surface area contributed by atoms with Crippen LogP contribution >= 0.6 is 0 Å². The normalized spacial score (nSPS) is 13.1. The van der Waals surface area contributed by atoms with Crippen LogP contribution in [-0.2, 0) is 4.74 Å². The molecule has 1 aromatic rings. The summed E-state index contributed by atoms with van der Waals surface area (Å²) in [6.07, 6.45) is 0.160. The first-order valence-corrected chi connectivity index (χ1v) is 6.05. The highest BCUT2D eigenvalue weighted by atomic mass is 16.5. The van der Waals surface area contributed by atoms with Crippen LogP contribution in [-0.4, -0.2) is 19.2 Å². The van der Waals surface area contributed by atoms with Crippen LogP contribution in [0.25, 0.3) is 0 Å². The Morgan fingerprint density at radius 1 is 1.31 bits per heavy atom. The van der Waals surface area contributed by atoms with Crippen molar-refractivity contribution in [1.29, 1.82) is 0 Å². The van der Waals surface area contributed by atoms with E-state index >= 15 is 0 Å². The lowest BCUT2D eigenvalue weighted by atomic mass is 10.1. The predicted octanol–water partition coefficient (Wildman–Crippen LogP) is 3.07. The molecule has 1 N–H and O–H groups in total. The molecule has 0 aromatic heterocycles. The van der Waals surface area contributed by atoms with Crippen LogP contribution in [0.4, 0.5) is 0 Å². The third kappa shape index (κ3) is 4.33. The summed E-state index contributed by atoms with van der Waals surface area (Å²) >= 11 is 0. The second-order valence-electron chi connectivity index (χ2n) is 4.42. The van der Waals surface area contributed by atoms with Crippen LogP contribution in [0.1, 0.15) is 38.0 Å². The van der Waals surface area contributed by atoms with Crippen molar-refractivity contribution in [3.05, 3.63) is 35.4 Å². The summed E-state index contributed by atoms with van der Waals surface area (Å²) in [7, 11) is 0. The molecule has 0 aliphatic carbocycles. The molecule has 0 aliphatic rings. The van der Waals surface area contributed by atoms with Gasteiger partial charge < -0.3 is 10.1 Å². The van der Waals surface area contributed by atoms with Gasteiger partial charge in [0, 0.05) is 19.2 Å². The third-order valence-corrected chi connectivity index (χ3v) is 2.49. The van der Waals surface area contributed by atoms with Gasteiger partial charge in [0.05, 0.1) is 6.10 Å². The molecule has 1 rings (SSSR count). The summed E-state index contributed by atoms with van der Waals surface area (Å²) in [4.78, 5) is 0. The number of benzene rings is 1. The molecule has 1 unspecified atom stereocenters. The first kappa shape index (κ1) is 13.2. The van der Waals surface area contributed by atoms with Gasteiger partial charge in [-0.05, 0) is 19.4 Å². The maximum Gasteiger partial charge on any atom is 0.0949 e. The zero-order valence-corrected chi connectivity index (χ0v) is 10.8. The number of hydrogen-bond acceptors (Lipinski definition) is 2. The number of rotatable bonds is 6. The van der Waals surface area contributed by atoms with Crippen molar-refractivity contribution in [3.63, 3.8) is 0 Å². The smallest absolute Gasteiger partial charge is 0.0949 e. The van der Waals surface area contributed by atoms with Crippen LogP contribution in [0.5, 0.6) is 0 Å². The van der Waals surface area contributed by atoms with Gasteiger partial charge in [-0.15, -0.1) is 0 Å². The molecule has 0 saturated heterocycles. The van der Waals surface area contributed by atoms with Gasteiger partial charge in [0.15, 0.2) is 0 Å². The van der Waals surface area contributed by atoms with Crippen LogP contribution in [0.3, 0.4) is 0 Å². The minimum Gasteiger partial charge on any atom is -0.372 e. The molecular weight excluding hydrogens is 198 g/mol. The maximum atomic E-state index is 5.77. The van der Waals surface area contributed by atoms with Crippen molar-refractivity contribution >= 4 is 0 Å². The van der Waals surface area contributed by atoms with Gasteiger partial charge in [0.1, 0.15) is 0 Å². The van der Waals surface area contributed by atoms with E-state index in [1.807, 2.05) is 6.92 Å². The van der Waals surface area contributed by atoms with Crippen LogP contribution in [0.15, 0.2) is 24.3 Å². The molecule has 1 aromatic carbocycles. The van der Waals surface area contributed by atoms with Crippen LogP contribution in [0, 0.1) is 6.92 Å². The summed E-state index contributed by atoms with van der Waals surface area (Å²) in [6.45, 7) is 10.1. The highest BCUT2D eigenvalue weighted by molar-refractivity contribution is 5.24. The van der Waals surface area contributed by atoms with E-state index < -0.39 is 0 Å². The lowest BCUT2D eigenvalue weighted by Crippen LogP contribution is -2.29. The van der Waals surface area contributed by atoms with E-state index in [2.05, 4.69) is 50.4 Å². The first-order valence-electron chi connectivity index (χ1n) is 6.05. The Morgan fingerprint density at radius 3 is 2.62 bits per heavy atom. The van der Waals surface area contributed by atoms with E-state index in [0.717, 1.165) is 13.2 Å². The molecule has 90 valence electrons. The van der Waals surface area contributed by atoms with E-state index in [1.165, 1.54) is 11.1 Å². The van der Waals surface area contributed by atoms with Crippen LogP contribution in [0.2, 0.25) is 0 Å². The van der Waals surface area contributed by atoms with E-state index in [0.29, 0.717) is 6.04 Å². The van der Waals surface area contributed by atoms with Crippen LogP contribution < -0.4 is 5.32 Å². The maximum absolute atomic E-state index is 5.77. The third-order valence-electron chi connectivity index (χ3n) is 2.49. The van der Waals surface area contributed by atoms with Gasteiger partial charge >= 0.3 is 0 Å². The molecule has 0 bridgehead atoms. The van der Waals surface area contributed by atoms with E-state index in [1.54, 1.807) is 0 Å². The van der Waals surface area contributed by atoms with Gasteiger partial charge in [-0.25, -0.2) is 0 Å². The molecule has 0 heterocycles. The average Bonchev–Trinajstić information content (AvgIpc) is 2.24. The molecule has 0 fully saturated rings. The van der Waals surface area contributed by atoms with Crippen molar-refractivity contribution in [2.24, 2.45) is 0 Å². The minimum atomic E-state index is 0.160. The highest BCUT2D eigenvalue weighted by Gasteiger charge is 2.11. The number of nitrogens with one attached hydrogen (secondary N) is 1. The van der Waals surface area contributed by atoms with Gasteiger partial charge in [-0.1, -0.05) is 43.7 Å². The molecule has 0 spiro atoms. The fraction of sp³-hybridized carbons (Fsp3) is 0.571. The van der Waals surface area contributed by atoms with Crippen molar-refractivity contribution in [3.8, 4) is 0 Å². The van der Waals surface area contributed by atoms with Crippen molar-refractivity contribution in [2.45, 2.75) is 39.8 Å². The summed E-state index contributed by atoms with van der Waals surface area (Å²) in [5.74, 6) is 0. The lowest BCUT2D eigenvalue weighted by molar-refractivity contribution is 0.0609. The fourth-order valence-corrected chi connectivity index (χ4v) is 1.69. The molecule has 2 heteroatoms. The zero-order chi connectivity index (χ0) is 12.0. The Bertz CT molecular complexity index is 309. The van der Waals surface area contributed by atoms with E-state index in [-0.39, 0.29) is 6.10 Å². The summed E-state index contributed by atoms with van der Waals surface area (Å²) < 4.78 is 5.77. The molecule has 1 atom stereocenters. The Labute approximate surface area is 99.0 Å². The molecule has 0 aliphatic heterocycles. The molecule has 16 heavy (non-hydrogen) atoms. The molecule has 0 saturated carbocycles. The molecule has 0 radical (unpaired) electrons. The van der Waals surface area contributed by atoms with Crippen molar-refractivity contribution in [1.82, 2.24) is 5.32 Å². The van der Waals surface area contributed by atoms with Gasteiger partial charge in [0.2, 0.25) is 0 Å². The molecule has 0 amide bonds. The predicted molar refractivity (Wildman–Crippen MR) is 68.7 cm³/mol. The summed E-state index contributed by atoms with van der Waals surface area (Å²) in [5.41, 5.74) is 2.54. The van der Waals surface area contributed by atoms with Crippen molar-refractivity contribution in [2.75, 3.05) is 13.2 Å².